The minimum absolute atomic E-state index is 0.272. The van der Waals surface area contributed by atoms with E-state index in [2.05, 4.69) is 10.00 Å². The molecule has 1 aromatic carbocycles. The average Bonchev–Trinajstić information content (AvgIpc) is 3.04. The lowest BCUT2D eigenvalue weighted by atomic mass is 10.0. The molecule has 1 saturated heterocycles. The standard InChI is InChI=1S/C17H21ClN4O/c1-11-15(16(18)21(2)20-11)14-7-4-8-22(14)10-12-5-3-6-13(9-12)17(19)23/h3,5-6,9,14H,4,7-8,10H2,1-2H3,(H2,19,23)/t14-/m0/s1. The molecule has 1 amide bonds. The number of rotatable bonds is 4. The Morgan fingerprint density at radius 2 is 2.26 bits per heavy atom. The van der Waals surface area contributed by atoms with Crippen molar-refractivity contribution in [2.75, 3.05) is 6.54 Å². The van der Waals surface area contributed by atoms with Crippen LogP contribution < -0.4 is 5.73 Å². The van der Waals surface area contributed by atoms with Gasteiger partial charge >= 0.3 is 0 Å². The normalized spacial score (nSPS) is 18.5. The highest BCUT2D eigenvalue weighted by Crippen LogP contribution is 2.38. The average molecular weight is 333 g/mol. The number of nitrogens with zero attached hydrogens (tertiary/aromatic N) is 3. The van der Waals surface area contributed by atoms with Gasteiger partial charge < -0.3 is 5.73 Å². The molecule has 6 heteroatoms. The zero-order valence-electron chi connectivity index (χ0n) is 13.4. The molecule has 2 aromatic rings. The highest BCUT2D eigenvalue weighted by Gasteiger charge is 2.31. The van der Waals surface area contributed by atoms with Gasteiger partial charge in [-0.05, 0) is 44.0 Å². The maximum atomic E-state index is 11.3. The van der Waals surface area contributed by atoms with Gasteiger partial charge in [0.25, 0.3) is 0 Å². The molecule has 2 N–H and O–H groups in total. The van der Waals surface area contributed by atoms with Crippen LogP contribution in [-0.4, -0.2) is 27.1 Å². The number of hydrogen-bond acceptors (Lipinski definition) is 3. The van der Waals surface area contributed by atoms with Crippen LogP contribution in [-0.2, 0) is 13.6 Å². The largest absolute Gasteiger partial charge is 0.366 e. The maximum Gasteiger partial charge on any atom is 0.248 e. The first kappa shape index (κ1) is 16.0. The van der Waals surface area contributed by atoms with Crippen LogP contribution in [0.1, 0.15) is 46.1 Å². The molecule has 1 aliphatic rings. The van der Waals surface area contributed by atoms with Gasteiger partial charge in [0.2, 0.25) is 5.91 Å². The molecule has 1 atom stereocenters. The van der Waals surface area contributed by atoms with E-state index in [1.54, 1.807) is 10.7 Å². The molecule has 0 bridgehead atoms. The number of carbonyl (C=O) groups excluding carboxylic acids is 1. The minimum atomic E-state index is -0.393. The zero-order chi connectivity index (χ0) is 16.6. The highest BCUT2D eigenvalue weighted by atomic mass is 35.5. The number of amides is 1. The summed E-state index contributed by atoms with van der Waals surface area (Å²) in [7, 11) is 1.87. The summed E-state index contributed by atoms with van der Waals surface area (Å²) < 4.78 is 1.73. The lowest BCUT2D eigenvalue weighted by molar-refractivity contribution is 0.1000. The van der Waals surface area contributed by atoms with E-state index in [4.69, 9.17) is 17.3 Å². The molecule has 0 radical (unpaired) electrons. The van der Waals surface area contributed by atoms with E-state index < -0.39 is 5.91 Å². The van der Waals surface area contributed by atoms with E-state index in [0.717, 1.165) is 42.8 Å². The highest BCUT2D eigenvalue weighted by molar-refractivity contribution is 6.30. The van der Waals surface area contributed by atoms with Crippen molar-refractivity contribution in [3.05, 3.63) is 51.8 Å². The number of primary amides is 1. The fourth-order valence-electron chi connectivity index (χ4n) is 3.42. The van der Waals surface area contributed by atoms with Gasteiger partial charge in [0, 0.05) is 30.8 Å². The molecule has 23 heavy (non-hydrogen) atoms. The van der Waals surface area contributed by atoms with Gasteiger partial charge in [-0.3, -0.25) is 14.4 Å². The summed E-state index contributed by atoms with van der Waals surface area (Å²) in [5.41, 5.74) is 9.12. The Kier molecular flexibility index (Phi) is 4.41. The number of carbonyl (C=O) groups is 1. The van der Waals surface area contributed by atoms with E-state index in [9.17, 15) is 4.79 Å². The molecule has 0 saturated carbocycles. The van der Waals surface area contributed by atoms with Gasteiger partial charge in [-0.15, -0.1) is 0 Å². The third-order valence-corrected chi connectivity index (χ3v) is 4.94. The van der Waals surface area contributed by atoms with Gasteiger partial charge in [-0.25, -0.2) is 0 Å². The van der Waals surface area contributed by atoms with Crippen molar-refractivity contribution in [2.45, 2.75) is 32.4 Å². The second kappa shape index (κ2) is 6.34. The SMILES string of the molecule is Cc1nn(C)c(Cl)c1[C@@H]1CCCN1Cc1cccc(C(N)=O)c1. The Morgan fingerprint density at radius 3 is 2.91 bits per heavy atom. The van der Waals surface area contributed by atoms with Crippen LogP contribution in [0.3, 0.4) is 0 Å². The summed E-state index contributed by atoms with van der Waals surface area (Å²) in [4.78, 5) is 13.7. The fraction of sp³-hybridized carbons (Fsp3) is 0.412. The van der Waals surface area contributed by atoms with Crippen molar-refractivity contribution >= 4 is 17.5 Å². The number of aromatic nitrogens is 2. The summed E-state index contributed by atoms with van der Waals surface area (Å²) in [5, 5.41) is 5.14. The van der Waals surface area contributed by atoms with E-state index in [1.807, 2.05) is 32.2 Å². The first-order valence-corrected chi connectivity index (χ1v) is 8.17. The summed E-state index contributed by atoms with van der Waals surface area (Å²) in [5.74, 6) is -0.393. The van der Waals surface area contributed by atoms with Crippen LogP contribution >= 0.6 is 11.6 Å². The van der Waals surface area contributed by atoms with Crippen molar-refractivity contribution < 1.29 is 4.79 Å². The fourth-order valence-corrected chi connectivity index (χ4v) is 3.73. The van der Waals surface area contributed by atoms with Crippen LogP contribution in [0.25, 0.3) is 0 Å². The smallest absolute Gasteiger partial charge is 0.248 e. The van der Waals surface area contributed by atoms with Gasteiger partial charge in [0.1, 0.15) is 5.15 Å². The molecule has 5 nitrogen and oxygen atoms in total. The summed E-state index contributed by atoms with van der Waals surface area (Å²) in [6, 6.07) is 7.79. The number of halogens is 1. The third-order valence-electron chi connectivity index (χ3n) is 4.49. The van der Waals surface area contributed by atoms with Crippen molar-refractivity contribution in [2.24, 2.45) is 12.8 Å². The number of benzene rings is 1. The second-order valence-electron chi connectivity index (χ2n) is 6.11. The molecular formula is C17H21ClN4O. The van der Waals surface area contributed by atoms with E-state index in [0.29, 0.717) is 10.7 Å². The summed E-state index contributed by atoms with van der Waals surface area (Å²) >= 11 is 6.44. The zero-order valence-corrected chi connectivity index (χ0v) is 14.2. The maximum absolute atomic E-state index is 11.3. The van der Waals surface area contributed by atoms with Crippen LogP contribution in [0.4, 0.5) is 0 Å². The monoisotopic (exact) mass is 332 g/mol. The number of aryl methyl sites for hydroxylation is 2. The number of nitrogens with two attached hydrogens (primary N) is 1. The van der Waals surface area contributed by atoms with E-state index in [1.165, 1.54) is 0 Å². The van der Waals surface area contributed by atoms with E-state index in [-0.39, 0.29) is 6.04 Å². The Bertz CT molecular complexity index is 740. The third kappa shape index (κ3) is 3.12. The minimum Gasteiger partial charge on any atom is -0.366 e. The topological polar surface area (TPSA) is 64.2 Å². The molecule has 1 fully saturated rings. The lowest BCUT2D eigenvalue weighted by Gasteiger charge is -2.25. The molecule has 1 aromatic heterocycles. The quantitative estimate of drug-likeness (QED) is 0.936. The number of hydrogen-bond donors (Lipinski definition) is 1. The van der Waals surface area contributed by atoms with Gasteiger partial charge in [-0.1, -0.05) is 23.7 Å². The Labute approximate surface area is 141 Å². The Morgan fingerprint density at radius 1 is 1.48 bits per heavy atom. The first-order valence-electron chi connectivity index (χ1n) is 7.79. The molecular weight excluding hydrogens is 312 g/mol. The molecule has 2 heterocycles. The second-order valence-corrected chi connectivity index (χ2v) is 6.46. The van der Waals surface area contributed by atoms with Crippen molar-refractivity contribution in [3.8, 4) is 0 Å². The van der Waals surface area contributed by atoms with Crippen molar-refractivity contribution in [1.29, 1.82) is 0 Å². The molecule has 3 rings (SSSR count). The van der Waals surface area contributed by atoms with Crippen LogP contribution in [0.15, 0.2) is 24.3 Å². The van der Waals surface area contributed by atoms with Crippen molar-refractivity contribution in [1.82, 2.24) is 14.7 Å². The van der Waals surface area contributed by atoms with Gasteiger partial charge in [-0.2, -0.15) is 5.10 Å². The van der Waals surface area contributed by atoms with Gasteiger partial charge in [0.15, 0.2) is 0 Å². The van der Waals surface area contributed by atoms with Crippen LogP contribution in [0, 0.1) is 6.92 Å². The predicted octanol–water partition coefficient (Wildman–Crippen LogP) is 2.82. The van der Waals surface area contributed by atoms with E-state index >= 15 is 0 Å². The Hall–Kier alpha value is -1.85. The predicted molar refractivity (Wildman–Crippen MR) is 90.3 cm³/mol. The molecule has 0 spiro atoms. The number of likely N-dealkylation sites (tertiary alicyclic amines) is 1. The van der Waals surface area contributed by atoms with Crippen LogP contribution in [0.5, 0.6) is 0 Å². The molecule has 0 unspecified atom stereocenters. The van der Waals surface area contributed by atoms with Gasteiger partial charge in [0.05, 0.1) is 5.69 Å². The van der Waals surface area contributed by atoms with Crippen LogP contribution in [0.2, 0.25) is 5.15 Å². The molecule has 122 valence electrons. The summed E-state index contributed by atoms with van der Waals surface area (Å²) in [6.07, 6.45) is 2.20. The first-order chi connectivity index (χ1) is 11.0. The molecule has 1 aliphatic heterocycles. The molecule has 0 aliphatic carbocycles. The lowest BCUT2D eigenvalue weighted by Crippen LogP contribution is -2.23. The van der Waals surface area contributed by atoms with Crippen molar-refractivity contribution in [3.63, 3.8) is 0 Å². The Balaban J connectivity index is 1.85. The summed E-state index contributed by atoms with van der Waals surface area (Å²) in [6.45, 7) is 3.79.